The maximum atomic E-state index is 14.9. The summed E-state index contributed by atoms with van der Waals surface area (Å²) in [6.45, 7) is 14.0. The Labute approximate surface area is 422 Å². The molecule has 12 heteroatoms. The van der Waals surface area contributed by atoms with Crippen LogP contribution in [0.3, 0.4) is 0 Å². The van der Waals surface area contributed by atoms with Gasteiger partial charge in [0, 0.05) is 12.1 Å². The van der Waals surface area contributed by atoms with E-state index in [0.717, 1.165) is 77.0 Å². The van der Waals surface area contributed by atoms with Crippen molar-refractivity contribution < 1.29 is 40.6 Å². The summed E-state index contributed by atoms with van der Waals surface area (Å²) in [6.07, 6.45) is 36.6. The molecule has 0 amide bonds. The fraction of sp³-hybridized carbons (Fsp3) is 0.772. The molecule has 69 heavy (non-hydrogen) atoms. The highest BCUT2D eigenvalue weighted by molar-refractivity contribution is 8.31. The van der Waals surface area contributed by atoms with Crippen LogP contribution in [0.15, 0.2) is 34.1 Å². The third-order valence-corrected chi connectivity index (χ3v) is 17.4. The minimum absolute atomic E-state index is 0.0254. The smallest absolute Gasteiger partial charge is 0.493 e. The molecule has 0 aliphatic carbocycles. The van der Waals surface area contributed by atoms with Crippen LogP contribution >= 0.6 is 0 Å². The molecule has 0 fully saturated rings. The Hall–Kier alpha value is -3.08. The van der Waals surface area contributed by atoms with Crippen molar-refractivity contribution in [3.63, 3.8) is 0 Å². The maximum absolute atomic E-state index is 14.9. The van der Waals surface area contributed by atoms with Crippen LogP contribution < -0.4 is 18.9 Å². The Kier molecular flexibility index (Phi) is 34.7. The van der Waals surface area contributed by atoms with Crippen molar-refractivity contribution in [1.82, 2.24) is 0 Å². The number of aryl methyl sites for hydroxylation is 2. The fourth-order valence-electron chi connectivity index (χ4n) is 8.75. The van der Waals surface area contributed by atoms with Crippen molar-refractivity contribution in [3.05, 3.63) is 40.9 Å². The van der Waals surface area contributed by atoms with Crippen LogP contribution in [-0.2, 0) is 32.5 Å². The highest BCUT2D eigenvalue weighted by atomic mass is 32.3. The summed E-state index contributed by atoms with van der Waals surface area (Å²) >= 11 is 0. The summed E-state index contributed by atoms with van der Waals surface area (Å²) in [5.74, 6) is 0.954. The molecule has 0 heterocycles. The Morgan fingerprint density at radius 1 is 0.362 bits per heavy atom. The summed E-state index contributed by atoms with van der Waals surface area (Å²) in [7, 11) is -10.0. The van der Waals surface area contributed by atoms with Gasteiger partial charge in [0.15, 0.2) is 0 Å². The van der Waals surface area contributed by atoms with E-state index in [0.29, 0.717) is 61.5 Å². The van der Waals surface area contributed by atoms with Crippen LogP contribution in [0.2, 0.25) is 0 Å². The fourth-order valence-corrected chi connectivity index (χ4v) is 12.4. The Balaban J connectivity index is 2.49. The van der Waals surface area contributed by atoms with Crippen LogP contribution in [0, 0.1) is 0 Å². The summed E-state index contributed by atoms with van der Waals surface area (Å²) in [4.78, 5) is 2.34. The standard InChI is InChI=1S/C57H98N2O8S2/c1-7-13-17-21-25-29-33-37-41-64-51-47-53(66-43-39-35-31-27-23-19-15-9-3)55(45-49(51)11-5)68(60,61)57(59-58)69(62,63)56-46-50(12-6)52(65-42-38-34-30-26-22-18-14-8-2)48-54(56)67-44-40-36-32-28-24-20-16-10-4/h45-48H,7-44H2,1-6H3. The second-order valence-corrected chi connectivity index (χ2v) is 23.1. The first-order valence-corrected chi connectivity index (χ1v) is 31.1. The van der Waals surface area contributed by atoms with Crippen LogP contribution in [0.25, 0.3) is 5.53 Å². The number of benzene rings is 2. The van der Waals surface area contributed by atoms with E-state index in [1.165, 1.54) is 128 Å². The van der Waals surface area contributed by atoms with Crippen LogP contribution in [0.4, 0.5) is 0 Å². The van der Waals surface area contributed by atoms with Crippen LogP contribution in [-0.4, -0.2) is 52.4 Å². The molecule has 396 valence electrons. The molecule has 0 radical (unpaired) electrons. The van der Waals surface area contributed by atoms with Crippen molar-refractivity contribution in [2.24, 2.45) is 0 Å². The Morgan fingerprint density at radius 3 is 0.826 bits per heavy atom. The van der Waals surface area contributed by atoms with E-state index in [2.05, 4.69) is 32.5 Å². The number of ether oxygens (including phenoxy) is 4. The van der Waals surface area contributed by atoms with Gasteiger partial charge in [-0.3, -0.25) is 0 Å². The molecule has 0 N–H and O–H groups in total. The molecule has 0 aromatic heterocycles. The van der Waals surface area contributed by atoms with Crippen molar-refractivity contribution >= 4 is 24.1 Å². The second-order valence-electron chi connectivity index (χ2n) is 19.2. The summed E-state index contributed by atoms with van der Waals surface area (Å²) in [5, 5.41) is 0. The van der Waals surface area contributed by atoms with Crippen molar-refractivity contribution in [2.75, 3.05) is 26.4 Å². The number of sulfone groups is 2. The first kappa shape index (κ1) is 62.0. The van der Waals surface area contributed by atoms with Gasteiger partial charge in [0.2, 0.25) is 0 Å². The van der Waals surface area contributed by atoms with Crippen molar-refractivity contribution in [1.29, 1.82) is 0 Å². The zero-order chi connectivity index (χ0) is 50.4. The number of hydrogen-bond acceptors (Lipinski definition) is 8. The van der Waals surface area contributed by atoms with E-state index in [9.17, 15) is 22.4 Å². The second kappa shape index (κ2) is 38.6. The van der Waals surface area contributed by atoms with Gasteiger partial charge in [-0.1, -0.05) is 221 Å². The first-order chi connectivity index (χ1) is 33.6. The molecule has 10 nitrogen and oxygen atoms in total. The zero-order valence-corrected chi connectivity index (χ0v) is 46.3. The summed E-state index contributed by atoms with van der Waals surface area (Å²) in [5.41, 5.74) is 11.7. The quantitative estimate of drug-likeness (QED) is 0.0210. The summed E-state index contributed by atoms with van der Waals surface area (Å²) in [6, 6.07) is 6.02. The van der Waals surface area contributed by atoms with Gasteiger partial charge in [-0.05, 0) is 61.8 Å². The molecular weight excluding hydrogens is 905 g/mol. The normalized spacial score (nSPS) is 11.7. The molecule has 0 spiro atoms. The van der Waals surface area contributed by atoms with Gasteiger partial charge >= 0.3 is 4.38 Å². The van der Waals surface area contributed by atoms with Gasteiger partial charge in [0.05, 0.1) is 26.4 Å². The van der Waals surface area contributed by atoms with Gasteiger partial charge in [0.1, 0.15) is 32.8 Å². The van der Waals surface area contributed by atoms with Gasteiger partial charge in [-0.2, -0.15) is 0 Å². The molecule has 0 aliphatic heterocycles. The highest BCUT2D eigenvalue weighted by Crippen LogP contribution is 2.39. The summed E-state index contributed by atoms with van der Waals surface area (Å²) < 4.78 is 83.2. The lowest BCUT2D eigenvalue weighted by molar-refractivity contribution is 0.00376. The lowest BCUT2D eigenvalue weighted by Gasteiger charge is -2.18. The SMILES string of the molecule is CCCCCCCCCCOc1cc(OCCCCCCCCCC)c(S(=O)(=O)C(=[N+]=[N-])S(=O)(=O)c2cc(CC)c(OCCCCCCCCCC)cc2OCCCCCCCCCC)cc1CC. The molecule has 2 aromatic rings. The largest absolute Gasteiger partial charge is 0.504 e. The average molecular weight is 1000 g/mol. The van der Waals surface area contributed by atoms with Crippen molar-refractivity contribution in [3.8, 4) is 23.0 Å². The molecular formula is C57H98N2O8S2. The minimum atomic E-state index is -5.01. The first-order valence-electron chi connectivity index (χ1n) is 28.1. The number of hydrogen-bond donors (Lipinski definition) is 0. The van der Waals surface area contributed by atoms with Gasteiger partial charge in [0.25, 0.3) is 19.7 Å². The number of unbranched alkanes of at least 4 members (excludes halogenated alkanes) is 28. The monoisotopic (exact) mass is 1000 g/mol. The molecule has 0 saturated heterocycles. The number of rotatable bonds is 44. The molecule has 0 aliphatic rings. The van der Waals surface area contributed by atoms with Gasteiger partial charge < -0.3 is 24.5 Å². The van der Waals surface area contributed by atoms with E-state index in [-0.39, 0.29) is 34.5 Å². The van der Waals surface area contributed by atoms with Gasteiger partial charge in [-0.15, -0.1) is 4.79 Å². The maximum Gasteiger partial charge on any atom is 0.504 e. The third kappa shape index (κ3) is 24.3. The number of nitrogens with zero attached hydrogens (tertiary/aromatic N) is 2. The lowest BCUT2D eigenvalue weighted by atomic mass is 10.1. The highest BCUT2D eigenvalue weighted by Gasteiger charge is 2.47. The Morgan fingerprint density at radius 2 is 0.594 bits per heavy atom. The van der Waals surface area contributed by atoms with E-state index in [4.69, 9.17) is 18.9 Å². The van der Waals surface area contributed by atoms with E-state index >= 15 is 0 Å². The molecule has 0 atom stereocenters. The zero-order valence-electron chi connectivity index (χ0n) is 44.7. The molecule has 0 saturated carbocycles. The molecule has 0 bridgehead atoms. The predicted molar refractivity (Wildman–Crippen MR) is 287 cm³/mol. The topological polar surface area (TPSA) is 142 Å². The molecule has 2 aromatic carbocycles. The average Bonchev–Trinajstić information content (AvgIpc) is 3.34. The third-order valence-electron chi connectivity index (χ3n) is 13.2. The van der Waals surface area contributed by atoms with E-state index in [1.807, 2.05) is 13.8 Å². The van der Waals surface area contributed by atoms with Crippen molar-refractivity contribution in [2.45, 2.75) is 270 Å². The van der Waals surface area contributed by atoms with Crippen LogP contribution in [0.5, 0.6) is 23.0 Å². The van der Waals surface area contributed by atoms with Gasteiger partial charge in [-0.25, -0.2) is 16.8 Å². The van der Waals surface area contributed by atoms with Crippen LogP contribution in [0.1, 0.15) is 258 Å². The Bertz CT molecular complexity index is 1800. The van der Waals surface area contributed by atoms with E-state index in [1.54, 1.807) is 12.1 Å². The molecule has 0 unspecified atom stereocenters. The van der Waals surface area contributed by atoms with E-state index < -0.39 is 24.1 Å². The predicted octanol–water partition coefficient (Wildman–Crippen LogP) is 16.7. The lowest BCUT2D eigenvalue weighted by Crippen LogP contribution is -2.27. The minimum Gasteiger partial charge on any atom is -0.493 e. The molecule has 2 rings (SSSR count).